The van der Waals surface area contributed by atoms with Gasteiger partial charge in [-0.2, -0.15) is 0 Å². The van der Waals surface area contributed by atoms with Gasteiger partial charge < -0.3 is 19.3 Å². The van der Waals surface area contributed by atoms with Crippen LogP contribution in [-0.4, -0.2) is 32.4 Å². The van der Waals surface area contributed by atoms with E-state index >= 15 is 0 Å². The van der Waals surface area contributed by atoms with E-state index in [1.165, 1.54) is 21.3 Å². The van der Waals surface area contributed by atoms with Crippen molar-refractivity contribution in [3.05, 3.63) is 23.3 Å². The molecule has 0 aliphatic carbocycles. The van der Waals surface area contributed by atoms with E-state index in [0.29, 0.717) is 22.6 Å². The van der Waals surface area contributed by atoms with Gasteiger partial charge in [-0.15, -0.1) is 0 Å². The Morgan fingerprint density at radius 3 is 2.18 bits per heavy atom. The van der Waals surface area contributed by atoms with Crippen LogP contribution in [0.3, 0.4) is 0 Å². The van der Waals surface area contributed by atoms with E-state index in [4.69, 9.17) is 9.47 Å². The molecule has 0 spiro atoms. The molecule has 0 amide bonds. The van der Waals surface area contributed by atoms with Gasteiger partial charge in [-0.1, -0.05) is 0 Å². The Morgan fingerprint density at radius 2 is 1.71 bits per heavy atom. The third kappa shape index (κ3) is 2.50. The van der Waals surface area contributed by atoms with Crippen LogP contribution < -0.4 is 9.47 Å². The number of esters is 1. The zero-order valence-electron chi connectivity index (χ0n) is 10.3. The second-order valence-corrected chi connectivity index (χ2v) is 3.43. The number of benzene rings is 1. The van der Waals surface area contributed by atoms with Crippen molar-refractivity contribution >= 4 is 5.97 Å². The summed E-state index contributed by atoms with van der Waals surface area (Å²) in [6, 6.07) is 3.34. The number of carbonyl (C=O) groups excluding carboxylic acids is 1. The van der Waals surface area contributed by atoms with E-state index in [2.05, 4.69) is 4.74 Å². The number of hydrogen-bond donors (Lipinski definition) is 1. The Hall–Kier alpha value is -1.75. The number of hydrogen-bond acceptors (Lipinski definition) is 5. The summed E-state index contributed by atoms with van der Waals surface area (Å²) in [5, 5.41) is 9.89. The van der Waals surface area contributed by atoms with Crippen molar-refractivity contribution in [3.8, 4) is 11.5 Å². The first-order valence-electron chi connectivity index (χ1n) is 5.04. The van der Waals surface area contributed by atoms with Crippen LogP contribution in [0.5, 0.6) is 11.5 Å². The molecule has 0 saturated carbocycles. The lowest BCUT2D eigenvalue weighted by molar-refractivity contribution is -0.150. The normalized spacial score (nSPS) is 11.8. The van der Waals surface area contributed by atoms with Gasteiger partial charge in [0.25, 0.3) is 0 Å². The molecule has 0 aromatic heterocycles. The smallest absolute Gasteiger partial charge is 0.339 e. The highest BCUT2D eigenvalue weighted by atomic mass is 16.5. The topological polar surface area (TPSA) is 65.0 Å². The van der Waals surface area contributed by atoms with Gasteiger partial charge in [-0.25, -0.2) is 4.79 Å². The molecule has 1 rings (SSSR count). The molecular formula is C12H16O5. The number of carbonyl (C=O) groups is 1. The fourth-order valence-electron chi connectivity index (χ4n) is 1.65. The van der Waals surface area contributed by atoms with E-state index in [1.54, 1.807) is 19.1 Å². The molecular weight excluding hydrogens is 224 g/mol. The lowest BCUT2D eigenvalue weighted by atomic mass is 10.0. The quantitative estimate of drug-likeness (QED) is 0.801. The van der Waals surface area contributed by atoms with E-state index in [9.17, 15) is 9.90 Å². The Morgan fingerprint density at radius 1 is 1.18 bits per heavy atom. The monoisotopic (exact) mass is 240 g/mol. The molecule has 1 aromatic carbocycles. The fraction of sp³-hybridized carbons (Fsp3) is 0.417. The van der Waals surface area contributed by atoms with Crippen molar-refractivity contribution in [2.24, 2.45) is 0 Å². The first kappa shape index (κ1) is 13.3. The average molecular weight is 240 g/mol. The summed E-state index contributed by atoms with van der Waals surface area (Å²) in [4.78, 5) is 11.4. The first-order chi connectivity index (χ1) is 8.06. The molecule has 0 bridgehead atoms. The lowest BCUT2D eigenvalue weighted by Crippen LogP contribution is -2.16. The summed E-state index contributed by atoms with van der Waals surface area (Å²) in [6.07, 6.45) is -1.38. The van der Waals surface area contributed by atoms with Crippen molar-refractivity contribution < 1.29 is 24.1 Å². The maximum atomic E-state index is 11.4. The van der Waals surface area contributed by atoms with Crippen LogP contribution in [0.15, 0.2) is 12.1 Å². The van der Waals surface area contributed by atoms with Crippen LogP contribution in [-0.2, 0) is 9.53 Å². The Bertz CT molecular complexity index is 414. The largest absolute Gasteiger partial charge is 0.496 e. The summed E-state index contributed by atoms with van der Waals surface area (Å²) >= 11 is 0. The SMILES string of the molecule is COC(=O)C(O)c1c(OC)ccc(OC)c1C. The molecule has 17 heavy (non-hydrogen) atoms. The van der Waals surface area contributed by atoms with E-state index < -0.39 is 12.1 Å². The summed E-state index contributed by atoms with van der Waals surface area (Å²) in [7, 11) is 4.20. The zero-order chi connectivity index (χ0) is 13.0. The van der Waals surface area contributed by atoms with E-state index in [0.717, 1.165) is 0 Å². The standard InChI is InChI=1S/C12H16O5/c1-7-8(15-2)5-6-9(16-3)10(7)11(13)12(14)17-4/h5-6,11,13H,1-4H3. The van der Waals surface area contributed by atoms with Gasteiger partial charge in [-0.05, 0) is 19.1 Å². The highest BCUT2D eigenvalue weighted by Gasteiger charge is 2.25. The Labute approximate surface area is 99.9 Å². The minimum Gasteiger partial charge on any atom is -0.496 e. The van der Waals surface area contributed by atoms with Crippen LogP contribution in [0.25, 0.3) is 0 Å². The number of methoxy groups -OCH3 is 3. The van der Waals surface area contributed by atoms with Gasteiger partial charge in [0.2, 0.25) is 0 Å². The molecule has 5 heteroatoms. The molecule has 1 unspecified atom stereocenters. The maximum Gasteiger partial charge on any atom is 0.339 e. The molecule has 1 N–H and O–H groups in total. The van der Waals surface area contributed by atoms with Crippen LogP contribution in [0, 0.1) is 6.92 Å². The Kier molecular flexibility index (Phi) is 4.34. The second-order valence-electron chi connectivity index (χ2n) is 3.43. The minimum atomic E-state index is -1.38. The molecule has 94 valence electrons. The van der Waals surface area contributed by atoms with Gasteiger partial charge in [0.1, 0.15) is 11.5 Å². The number of aliphatic hydroxyl groups is 1. The maximum absolute atomic E-state index is 11.4. The molecule has 5 nitrogen and oxygen atoms in total. The van der Waals surface area contributed by atoms with Gasteiger partial charge in [-0.3, -0.25) is 0 Å². The van der Waals surface area contributed by atoms with E-state index in [-0.39, 0.29) is 0 Å². The number of ether oxygens (including phenoxy) is 3. The molecule has 1 aromatic rings. The molecule has 0 aliphatic heterocycles. The summed E-state index contributed by atoms with van der Waals surface area (Å²) in [6.45, 7) is 1.74. The number of rotatable bonds is 4. The van der Waals surface area contributed by atoms with Crippen molar-refractivity contribution in [1.82, 2.24) is 0 Å². The van der Waals surface area contributed by atoms with Gasteiger partial charge in [0, 0.05) is 11.1 Å². The highest BCUT2D eigenvalue weighted by molar-refractivity contribution is 5.78. The third-order valence-corrected chi connectivity index (χ3v) is 2.56. The van der Waals surface area contributed by atoms with Crippen molar-refractivity contribution in [2.45, 2.75) is 13.0 Å². The summed E-state index contributed by atoms with van der Waals surface area (Å²) in [5.74, 6) is 0.254. The average Bonchev–Trinajstić information content (AvgIpc) is 2.36. The van der Waals surface area contributed by atoms with Crippen molar-refractivity contribution in [3.63, 3.8) is 0 Å². The third-order valence-electron chi connectivity index (χ3n) is 2.56. The molecule has 0 fully saturated rings. The van der Waals surface area contributed by atoms with Crippen molar-refractivity contribution in [2.75, 3.05) is 21.3 Å². The predicted octanol–water partition coefficient (Wildman–Crippen LogP) is 1.22. The zero-order valence-corrected chi connectivity index (χ0v) is 10.3. The van der Waals surface area contributed by atoms with Crippen LogP contribution in [0.2, 0.25) is 0 Å². The van der Waals surface area contributed by atoms with E-state index in [1.807, 2.05) is 0 Å². The molecule has 1 atom stereocenters. The van der Waals surface area contributed by atoms with Gasteiger partial charge in [0.05, 0.1) is 21.3 Å². The fourth-order valence-corrected chi connectivity index (χ4v) is 1.65. The van der Waals surface area contributed by atoms with Crippen molar-refractivity contribution in [1.29, 1.82) is 0 Å². The van der Waals surface area contributed by atoms with Crippen LogP contribution in [0.4, 0.5) is 0 Å². The Balaban J connectivity index is 3.32. The second kappa shape index (κ2) is 5.54. The minimum absolute atomic E-state index is 0.360. The first-order valence-corrected chi connectivity index (χ1v) is 5.04. The van der Waals surface area contributed by atoms with Gasteiger partial charge >= 0.3 is 5.97 Å². The molecule has 0 heterocycles. The number of aliphatic hydroxyl groups excluding tert-OH is 1. The van der Waals surface area contributed by atoms with Crippen LogP contribution >= 0.6 is 0 Å². The predicted molar refractivity (Wildman–Crippen MR) is 61.3 cm³/mol. The summed E-state index contributed by atoms with van der Waals surface area (Å²) < 4.78 is 14.8. The highest BCUT2D eigenvalue weighted by Crippen LogP contribution is 2.34. The lowest BCUT2D eigenvalue weighted by Gasteiger charge is -2.17. The van der Waals surface area contributed by atoms with Crippen LogP contribution in [0.1, 0.15) is 17.2 Å². The molecule has 0 radical (unpaired) electrons. The molecule has 0 saturated heterocycles. The van der Waals surface area contributed by atoms with Gasteiger partial charge in [0.15, 0.2) is 6.10 Å². The summed E-state index contributed by atoms with van der Waals surface area (Å²) in [5.41, 5.74) is 1.00. The molecule has 0 aliphatic rings.